The Hall–Kier alpha value is -2.04. The molecule has 1 aromatic rings. The van der Waals surface area contributed by atoms with Gasteiger partial charge in [0, 0.05) is 37.2 Å². The Bertz CT molecular complexity index is 526. The van der Waals surface area contributed by atoms with Gasteiger partial charge in [0.15, 0.2) is 0 Å². The lowest BCUT2D eigenvalue weighted by molar-refractivity contribution is -0.117. The van der Waals surface area contributed by atoms with Crippen molar-refractivity contribution in [3.63, 3.8) is 0 Å². The van der Waals surface area contributed by atoms with Crippen molar-refractivity contribution in [2.75, 3.05) is 18.0 Å². The number of benzene rings is 1. The third-order valence-electron chi connectivity index (χ3n) is 4.51. The highest BCUT2D eigenvalue weighted by molar-refractivity contribution is 5.95. The Morgan fingerprint density at radius 3 is 2.64 bits per heavy atom. The summed E-state index contributed by atoms with van der Waals surface area (Å²) in [4.78, 5) is 25.8. The first-order valence-corrected chi connectivity index (χ1v) is 8.12. The molecule has 1 saturated heterocycles. The van der Waals surface area contributed by atoms with E-state index in [1.165, 1.54) is 12.8 Å². The van der Waals surface area contributed by atoms with Crippen LogP contribution < -0.4 is 15.5 Å². The third-order valence-corrected chi connectivity index (χ3v) is 4.51. The molecule has 3 rings (SSSR count). The van der Waals surface area contributed by atoms with Gasteiger partial charge in [-0.1, -0.05) is 31.0 Å². The molecular weight excluding hydrogens is 278 g/mol. The van der Waals surface area contributed by atoms with Gasteiger partial charge in [-0.25, -0.2) is 4.79 Å². The van der Waals surface area contributed by atoms with E-state index >= 15 is 0 Å². The third kappa shape index (κ3) is 3.59. The average molecular weight is 301 g/mol. The van der Waals surface area contributed by atoms with Crippen LogP contribution in [0.15, 0.2) is 30.3 Å². The first-order valence-electron chi connectivity index (χ1n) is 8.12. The second-order valence-electron chi connectivity index (χ2n) is 6.25. The van der Waals surface area contributed by atoms with Gasteiger partial charge < -0.3 is 15.5 Å². The number of hydrogen-bond acceptors (Lipinski definition) is 2. The Morgan fingerprint density at radius 2 is 1.91 bits per heavy atom. The van der Waals surface area contributed by atoms with E-state index in [-0.39, 0.29) is 17.9 Å². The van der Waals surface area contributed by atoms with Crippen molar-refractivity contribution in [2.45, 2.75) is 38.1 Å². The fourth-order valence-corrected chi connectivity index (χ4v) is 3.32. The molecule has 5 heteroatoms. The van der Waals surface area contributed by atoms with Crippen LogP contribution in [0.1, 0.15) is 32.1 Å². The number of carbonyl (C=O) groups excluding carboxylic acids is 2. The number of nitrogens with zero attached hydrogens (tertiary/aromatic N) is 1. The van der Waals surface area contributed by atoms with Crippen LogP contribution in [0.2, 0.25) is 0 Å². The molecule has 3 amide bonds. The smallest absolute Gasteiger partial charge is 0.315 e. The Morgan fingerprint density at radius 1 is 1.18 bits per heavy atom. The molecule has 5 nitrogen and oxygen atoms in total. The van der Waals surface area contributed by atoms with Crippen molar-refractivity contribution in [3.8, 4) is 0 Å². The Labute approximate surface area is 131 Å². The molecule has 2 fully saturated rings. The molecule has 2 N–H and O–H groups in total. The van der Waals surface area contributed by atoms with Gasteiger partial charge in [0.25, 0.3) is 0 Å². The monoisotopic (exact) mass is 301 g/mol. The van der Waals surface area contributed by atoms with Crippen molar-refractivity contribution in [1.82, 2.24) is 10.6 Å². The number of para-hydroxylation sites is 1. The van der Waals surface area contributed by atoms with Gasteiger partial charge in [-0.15, -0.1) is 0 Å². The zero-order chi connectivity index (χ0) is 15.4. The maximum absolute atomic E-state index is 12.1. The zero-order valence-corrected chi connectivity index (χ0v) is 12.8. The van der Waals surface area contributed by atoms with Crippen LogP contribution in [0.3, 0.4) is 0 Å². The topological polar surface area (TPSA) is 61.4 Å². The van der Waals surface area contributed by atoms with Crippen LogP contribution >= 0.6 is 0 Å². The molecule has 0 bridgehead atoms. The van der Waals surface area contributed by atoms with Crippen LogP contribution in [0, 0.1) is 5.92 Å². The molecule has 1 saturated carbocycles. The number of carbonyl (C=O) groups is 2. The molecular formula is C17H23N3O2. The quantitative estimate of drug-likeness (QED) is 0.896. The number of nitrogens with one attached hydrogen (secondary N) is 2. The number of amides is 3. The minimum atomic E-state index is -0.0995. The molecule has 2 aliphatic rings. The fourth-order valence-electron chi connectivity index (χ4n) is 3.32. The van der Waals surface area contributed by atoms with Crippen LogP contribution in [0.25, 0.3) is 0 Å². The summed E-state index contributed by atoms with van der Waals surface area (Å²) in [5, 5.41) is 5.92. The van der Waals surface area contributed by atoms with Crippen LogP contribution in [0.4, 0.5) is 10.5 Å². The molecule has 1 aromatic carbocycles. The van der Waals surface area contributed by atoms with Gasteiger partial charge in [-0.3, -0.25) is 4.79 Å². The summed E-state index contributed by atoms with van der Waals surface area (Å²) < 4.78 is 0. The highest BCUT2D eigenvalue weighted by atomic mass is 16.2. The van der Waals surface area contributed by atoms with E-state index in [4.69, 9.17) is 0 Å². The van der Waals surface area contributed by atoms with Crippen molar-refractivity contribution in [1.29, 1.82) is 0 Å². The summed E-state index contributed by atoms with van der Waals surface area (Å²) in [6, 6.07) is 9.92. The Balaban J connectivity index is 1.46. The summed E-state index contributed by atoms with van der Waals surface area (Å²) in [5.74, 6) is 0.316. The van der Waals surface area contributed by atoms with E-state index in [0.29, 0.717) is 25.6 Å². The fraction of sp³-hybridized carbons (Fsp3) is 0.529. The lowest BCUT2D eigenvalue weighted by atomic mass is 10.1. The average Bonchev–Trinajstić information content (AvgIpc) is 3.16. The van der Waals surface area contributed by atoms with E-state index < -0.39 is 0 Å². The summed E-state index contributed by atoms with van der Waals surface area (Å²) in [6.45, 7) is 1.22. The summed E-state index contributed by atoms with van der Waals surface area (Å²) in [7, 11) is 0. The van der Waals surface area contributed by atoms with Crippen molar-refractivity contribution in [3.05, 3.63) is 30.3 Å². The second-order valence-corrected chi connectivity index (χ2v) is 6.25. The van der Waals surface area contributed by atoms with Crippen LogP contribution in [-0.4, -0.2) is 31.1 Å². The van der Waals surface area contributed by atoms with E-state index in [1.54, 1.807) is 4.90 Å². The molecule has 1 heterocycles. The summed E-state index contributed by atoms with van der Waals surface area (Å²) >= 11 is 0. The molecule has 0 spiro atoms. The maximum Gasteiger partial charge on any atom is 0.315 e. The highest BCUT2D eigenvalue weighted by Gasteiger charge is 2.30. The molecule has 0 radical (unpaired) electrons. The summed E-state index contributed by atoms with van der Waals surface area (Å²) in [5.41, 5.74) is 0.936. The minimum Gasteiger partial charge on any atom is -0.338 e. The van der Waals surface area contributed by atoms with E-state index in [9.17, 15) is 9.59 Å². The molecule has 1 aliphatic heterocycles. The molecule has 1 aliphatic carbocycles. The predicted octanol–water partition coefficient (Wildman–Crippen LogP) is 2.28. The largest absolute Gasteiger partial charge is 0.338 e. The second kappa shape index (κ2) is 6.81. The van der Waals surface area contributed by atoms with E-state index in [1.807, 2.05) is 30.3 Å². The normalized spacial score (nSPS) is 22.1. The molecule has 0 aromatic heterocycles. The van der Waals surface area contributed by atoms with Gasteiger partial charge in [-0.05, 0) is 25.0 Å². The first-order chi connectivity index (χ1) is 10.7. The SMILES string of the molecule is O=C(NCC1CC(=O)N(c2ccccc2)C1)NC1CCCC1. The maximum atomic E-state index is 12.1. The van der Waals surface area contributed by atoms with Gasteiger partial charge in [-0.2, -0.15) is 0 Å². The first kappa shape index (κ1) is 14.9. The van der Waals surface area contributed by atoms with Crippen LogP contribution in [0.5, 0.6) is 0 Å². The molecule has 118 valence electrons. The minimum absolute atomic E-state index is 0.0995. The van der Waals surface area contributed by atoms with Gasteiger partial charge in [0.2, 0.25) is 5.91 Å². The number of anilines is 1. The lowest BCUT2D eigenvalue weighted by Crippen LogP contribution is -2.42. The van der Waals surface area contributed by atoms with Gasteiger partial charge in [0.1, 0.15) is 0 Å². The summed E-state index contributed by atoms with van der Waals surface area (Å²) in [6.07, 6.45) is 5.06. The lowest BCUT2D eigenvalue weighted by Gasteiger charge is -2.17. The number of urea groups is 1. The standard InChI is InChI=1S/C17H23N3O2/c21-16-10-13(12-20(16)15-8-2-1-3-9-15)11-18-17(22)19-14-6-4-5-7-14/h1-3,8-9,13-14H,4-7,10-12H2,(H2,18,19,22). The predicted molar refractivity (Wildman–Crippen MR) is 85.7 cm³/mol. The van der Waals surface area contributed by atoms with Gasteiger partial charge in [0.05, 0.1) is 0 Å². The number of hydrogen-bond donors (Lipinski definition) is 2. The Kier molecular flexibility index (Phi) is 4.61. The van der Waals surface area contributed by atoms with Gasteiger partial charge >= 0.3 is 6.03 Å². The van der Waals surface area contributed by atoms with E-state index in [2.05, 4.69) is 10.6 Å². The number of rotatable bonds is 4. The van der Waals surface area contributed by atoms with Crippen molar-refractivity contribution >= 4 is 17.6 Å². The van der Waals surface area contributed by atoms with Crippen molar-refractivity contribution in [2.24, 2.45) is 5.92 Å². The van der Waals surface area contributed by atoms with Crippen molar-refractivity contribution < 1.29 is 9.59 Å². The molecule has 1 unspecified atom stereocenters. The molecule has 1 atom stereocenters. The molecule has 22 heavy (non-hydrogen) atoms. The highest BCUT2D eigenvalue weighted by Crippen LogP contribution is 2.24. The van der Waals surface area contributed by atoms with Crippen LogP contribution in [-0.2, 0) is 4.79 Å². The van der Waals surface area contributed by atoms with E-state index in [0.717, 1.165) is 18.5 Å². The zero-order valence-electron chi connectivity index (χ0n) is 12.8.